The Morgan fingerprint density at radius 1 is 1.35 bits per heavy atom. The highest BCUT2D eigenvalue weighted by Crippen LogP contribution is 2.20. The Labute approximate surface area is 102 Å². The highest BCUT2D eigenvalue weighted by molar-refractivity contribution is 5.77. The molecule has 4 nitrogen and oxygen atoms in total. The summed E-state index contributed by atoms with van der Waals surface area (Å²) in [6.07, 6.45) is 0. The van der Waals surface area contributed by atoms with Crippen LogP contribution in [-0.2, 0) is 9.53 Å². The molecule has 2 N–H and O–H groups in total. The molecular formula is C13H19NO3. The number of ether oxygens (including phenoxy) is 2. The van der Waals surface area contributed by atoms with E-state index in [0.717, 1.165) is 0 Å². The highest BCUT2D eigenvalue weighted by Gasteiger charge is 2.23. The van der Waals surface area contributed by atoms with Crippen LogP contribution in [-0.4, -0.2) is 18.7 Å². The van der Waals surface area contributed by atoms with E-state index in [2.05, 4.69) is 0 Å². The van der Waals surface area contributed by atoms with Crippen molar-refractivity contribution in [2.75, 3.05) is 7.11 Å². The lowest BCUT2D eigenvalue weighted by molar-refractivity contribution is -0.156. The number of esters is 1. The summed E-state index contributed by atoms with van der Waals surface area (Å²) in [5.74, 6) is 0.229. The molecule has 0 heterocycles. The molecule has 0 saturated heterocycles. The average Bonchev–Trinajstić information content (AvgIpc) is 2.26. The molecule has 1 atom stereocenters. The van der Waals surface area contributed by atoms with E-state index in [4.69, 9.17) is 15.2 Å². The number of hydrogen-bond acceptors (Lipinski definition) is 4. The van der Waals surface area contributed by atoms with E-state index < -0.39 is 17.6 Å². The maximum Gasteiger partial charge on any atom is 0.328 e. The zero-order chi connectivity index (χ0) is 13.1. The smallest absolute Gasteiger partial charge is 0.328 e. The Balaban J connectivity index is 2.81. The van der Waals surface area contributed by atoms with Gasteiger partial charge >= 0.3 is 5.97 Å². The number of carbonyl (C=O) groups is 1. The minimum Gasteiger partial charge on any atom is -0.497 e. The van der Waals surface area contributed by atoms with E-state index in [0.29, 0.717) is 11.3 Å². The SMILES string of the molecule is COc1cccc([C@H](N)C(=O)OC(C)(C)C)c1. The fraction of sp³-hybridized carbons (Fsp3) is 0.462. The van der Waals surface area contributed by atoms with Crippen LogP contribution in [0.3, 0.4) is 0 Å². The molecule has 0 amide bonds. The van der Waals surface area contributed by atoms with E-state index in [9.17, 15) is 4.79 Å². The summed E-state index contributed by atoms with van der Waals surface area (Å²) in [5, 5.41) is 0. The van der Waals surface area contributed by atoms with Gasteiger partial charge in [0.15, 0.2) is 0 Å². The van der Waals surface area contributed by atoms with E-state index in [-0.39, 0.29) is 0 Å². The van der Waals surface area contributed by atoms with Gasteiger partial charge in [0.25, 0.3) is 0 Å². The molecule has 94 valence electrons. The number of rotatable bonds is 3. The molecule has 1 aromatic carbocycles. The molecule has 0 radical (unpaired) electrons. The van der Waals surface area contributed by atoms with E-state index in [1.54, 1.807) is 31.4 Å². The fourth-order valence-corrected chi connectivity index (χ4v) is 1.34. The van der Waals surface area contributed by atoms with Crippen molar-refractivity contribution in [3.05, 3.63) is 29.8 Å². The van der Waals surface area contributed by atoms with E-state index >= 15 is 0 Å². The van der Waals surface area contributed by atoms with Crippen molar-refractivity contribution in [1.29, 1.82) is 0 Å². The minimum absolute atomic E-state index is 0.439. The fourth-order valence-electron chi connectivity index (χ4n) is 1.34. The quantitative estimate of drug-likeness (QED) is 0.817. The molecular weight excluding hydrogens is 218 g/mol. The predicted molar refractivity (Wildman–Crippen MR) is 65.8 cm³/mol. The molecule has 0 aromatic heterocycles. The van der Waals surface area contributed by atoms with Gasteiger partial charge in [-0.05, 0) is 38.5 Å². The highest BCUT2D eigenvalue weighted by atomic mass is 16.6. The van der Waals surface area contributed by atoms with Gasteiger partial charge in [-0.1, -0.05) is 12.1 Å². The maximum absolute atomic E-state index is 11.8. The number of benzene rings is 1. The van der Waals surface area contributed by atoms with E-state index in [1.165, 1.54) is 0 Å². The third kappa shape index (κ3) is 4.07. The van der Waals surface area contributed by atoms with Crippen LogP contribution in [0.2, 0.25) is 0 Å². The zero-order valence-electron chi connectivity index (χ0n) is 10.7. The molecule has 0 aliphatic carbocycles. The van der Waals surface area contributed by atoms with Gasteiger partial charge in [-0.3, -0.25) is 0 Å². The van der Waals surface area contributed by atoms with Gasteiger partial charge in [-0.2, -0.15) is 0 Å². The Morgan fingerprint density at radius 2 is 2.00 bits per heavy atom. The van der Waals surface area contributed by atoms with Crippen molar-refractivity contribution in [1.82, 2.24) is 0 Å². The summed E-state index contributed by atoms with van der Waals surface area (Å²) < 4.78 is 10.3. The lowest BCUT2D eigenvalue weighted by Gasteiger charge is -2.22. The molecule has 0 aliphatic rings. The van der Waals surface area contributed by atoms with Crippen LogP contribution < -0.4 is 10.5 Å². The van der Waals surface area contributed by atoms with Crippen LogP contribution in [0.5, 0.6) is 5.75 Å². The van der Waals surface area contributed by atoms with Crippen molar-refractivity contribution in [3.8, 4) is 5.75 Å². The lowest BCUT2D eigenvalue weighted by atomic mass is 10.1. The molecule has 0 unspecified atom stereocenters. The molecule has 0 bridgehead atoms. The van der Waals surface area contributed by atoms with Gasteiger partial charge in [-0.25, -0.2) is 4.79 Å². The third-order valence-corrected chi connectivity index (χ3v) is 2.11. The second kappa shape index (κ2) is 5.19. The molecule has 0 fully saturated rings. The first-order valence-electron chi connectivity index (χ1n) is 5.46. The molecule has 1 aromatic rings. The first kappa shape index (κ1) is 13.5. The summed E-state index contributed by atoms with van der Waals surface area (Å²) in [7, 11) is 1.57. The van der Waals surface area contributed by atoms with Gasteiger partial charge in [0, 0.05) is 0 Å². The van der Waals surface area contributed by atoms with Crippen molar-refractivity contribution >= 4 is 5.97 Å². The van der Waals surface area contributed by atoms with Gasteiger partial charge in [0.2, 0.25) is 0 Å². The number of hydrogen-bond donors (Lipinski definition) is 1. The van der Waals surface area contributed by atoms with Crippen LogP contribution in [0.4, 0.5) is 0 Å². The lowest BCUT2D eigenvalue weighted by Crippen LogP contribution is -2.31. The number of carbonyl (C=O) groups excluding carboxylic acids is 1. The monoisotopic (exact) mass is 237 g/mol. The molecule has 0 saturated carbocycles. The summed E-state index contributed by atoms with van der Waals surface area (Å²) in [5.41, 5.74) is 5.98. The topological polar surface area (TPSA) is 61.5 Å². The van der Waals surface area contributed by atoms with Crippen LogP contribution in [0.15, 0.2) is 24.3 Å². The first-order valence-corrected chi connectivity index (χ1v) is 5.46. The average molecular weight is 237 g/mol. The summed E-state index contributed by atoms with van der Waals surface area (Å²) in [6, 6.07) is 6.30. The van der Waals surface area contributed by atoms with Crippen molar-refractivity contribution in [2.45, 2.75) is 32.4 Å². The Hall–Kier alpha value is -1.55. The summed E-state index contributed by atoms with van der Waals surface area (Å²) in [4.78, 5) is 11.8. The van der Waals surface area contributed by atoms with Crippen LogP contribution >= 0.6 is 0 Å². The van der Waals surface area contributed by atoms with Crippen LogP contribution in [0.25, 0.3) is 0 Å². The van der Waals surface area contributed by atoms with E-state index in [1.807, 2.05) is 20.8 Å². The predicted octanol–water partition coefficient (Wildman–Crippen LogP) is 2.04. The summed E-state index contributed by atoms with van der Waals surface area (Å²) in [6.45, 7) is 5.43. The number of nitrogens with two attached hydrogens (primary N) is 1. The maximum atomic E-state index is 11.8. The molecule has 0 aliphatic heterocycles. The van der Waals surface area contributed by atoms with Crippen LogP contribution in [0.1, 0.15) is 32.4 Å². The van der Waals surface area contributed by atoms with Gasteiger partial charge < -0.3 is 15.2 Å². The standard InChI is InChI=1S/C13H19NO3/c1-13(2,3)17-12(15)11(14)9-6-5-7-10(8-9)16-4/h5-8,11H,14H2,1-4H3/t11-/m0/s1. The number of methoxy groups -OCH3 is 1. The van der Waals surface area contributed by atoms with Crippen molar-refractivity contribution in [2.24, 2.45) is 5.73 Å². The normalized spacial score (nSPS) is 13.0. The second-order valence-corrected chi connectivity index (χ2v) is 4.79. The molecule has 0 spiro atoms. The summed E-state index contributed by atoms with van der Waals surface area (Å²) >= 11 is 0. The van der Waals surface area contributed by atoms with Crippen LogP contribution in [0, 0.1) is 0 Å². The third-order valence-electron chi connectivity index (χ3n) is 2.11. The van der Waals surface area contributed by atoms with Gasteiger partial charge in [-0.15, -0.1) is 0 Å². The molecule has 1 rings (SSSR count). The Morgan fingerprint density at radius 3 is 2.53 bits per heavy atom. The van der Waals surface area contributed by atoms with Crippen molar-refractivity contribution < 1.29 is 14.3 Å². The van der Waals surface area contributed by atoms with Crippen molar-refractivity contribution in [3.63, 3.8) is 0 Å². The largest absolute Gasteiger partial charge is 0.497 e. The first-order chi connectivity index (χ1) is 7.83. The molecule has 4 heteroatoms. The Kier molecular flexibility index (Phi) is 4.12. The van der Waals surface area contributed by atoms with Gasteiger partial charge in [0.05, 0.1) is 7.11 Å². The Bertz CT molecular complexity index is 396. The molecule has 17 heavy (non-hydrogen) atoms. The zero-order valence-corrected chi connectivity index (χ0v) is 10.7. The van der Waals surface area contributed by atoms with Gasteiger partial charge in [0.1, 0.15) is 17.4 Å². The minimum atomic E-state index is -0.788. The second-order valence-electron chi connectivity index (χ2n) is 4.79.